The molecule has 2 aliphatic rings. The number of phenols is 3. The van der Waals surface area contributed by atoms with Crippen LogP contribution in [0.15, 0.2) is 329 Å². The minimum atomic E-state index is -0.328. The van der Waals surface area contributed by atoms with Crippen LogP contribution in [0.4, 0.5) is 0 Å². The Labute approximate surface area is 790 Å². The van der Waals surface area contributed by atoms with Gasteiger partial charge in [-0.15, -0.1) is 23.2 Å². The van der Waals surface area contributed by atoms with Gasteiger partial charge >= 0.3 is 0 Å². The molecule has 12 heterocycles. The number of nitrogens with zero attached hydrogens (tertiary/aromatic N) is 16. The van der Waals surface area contributed by atoms with Crippen LogP contribution in [-0.2, 0) is 123 Å². The summed E-state index contributed by atoms with van der Waals surface area (Å²) in [5, 5.41) is 36.9. The highest BCUT2D eigenvalue weighted by atomic mass is 35.5. The third kappa shape index (κ3) is 28.6. The lowest BCUT2D eigenvalue weighted by Crippen LogP contribution is -2.29. The zero-order valence-electron chi connectivity index (χ0n) is 74.2. The van der Waals surface area contributed by atoms with Gasteiger partial charge in [-0.3, -0.25) is 98.4 Å². The molecule has 4 amide bonds. The Balaban J connectivity index is 0.000000185. The van der Waals surface area contributed by atoms with Crippen LogP contribution in [0, 0.1) is 11.1 Å². The number of hydrogen-bond donors (Lipinski definition) is 8. The van der Waals surface area contributed by atoms with E-state index in [2.05, 4.69) is 80.5 Å². The maximum absolute atomic E-state index is 13.4. The fourth-order valence-electron chi connectivity index (χ4n) is 15.3. The third-order valence-electron chi connectivity index (χ3n) is 21.5. The Hall–Kier alpha value is -14.8. The fraction of sp³-hybridized carbons (Fsp3) is 0.192. The van der Waals surface area contributed by atoms with Crippen molar-refractivity contribution in [1.29, 1.82) is 11.1 Å². The molecule has 0 radical (unpaired) electrons. The van der Waals surface area contributed by atoms with E-state index in [4.69, 9.17) is 40.0 Å². The van der Waals surface area contributed by atoms with Crippen molar-refractivity contribution in [2.45, 2.75) is 123 Å². The van der Waals surface area contributed by atoms with Gasteiger partial charge in [-0.25, -0.2) is 11.1 Å². The second-order valence-corrected chi connectivity index (χ2v) is 31.7. The molecule has 15 aromatic rings. The van der Waals surface area contributed by atoms with Crippen molar-refractivity contribution in [3.05, 3.63) is 458 Å². The number of carbonyl (C=O) groups is 4. The summed E-state index contributed by atoms with van der Waals surface area (Å²) in [7, 11) is 1.50. The first-order valence-corrected chi connectivity index (χ1v) is 44.4. The third-order valence-corrected chi connectivity index (χ3v) is 22.1. The van der Waals surface area contributed by atoms with Crippen molar-refractivity contribution in [3.8, 4) is 17.2 Å². The van der Waals surface area contributed by atoms with Crippen LogP contribution in [0.3, 0.4) is 0 Å². The Kier molecular flexibility index (Phi) is 37.9. The summed E-state index contributed by atoms with van der Waals surface area (Å²) in [5.41, 5.74) is 38.1. The normalized spacial score (nSPS) is 11.8. The van der Waals surface area contributed by atoms with Crippen molar-refractivity contribution in [3.63, 3.8) is 0 Å². The van der Waals surface area contributed by atoms with Gasteiger partial charge in [0.05, 0.1) is 104 Å². The van der Waals surface area contributed by atoms with Crippen molar-refractivity contribution in [1.82, 2.24) is 84.6 Å². The number of aromatic hydroxyl groups is 3. The molecule has 0 spiro atoms. The number of fused-ring (bicyclic) bond motifs is 2. The van der Waals surface area contributed by atoms with Crippen LogP contribution in [0.1, 0.15) is 150 Å². The zero-order chi connectivity index (χ0) is 94.2. The zero-order valence-corrected chi connectivity index (χ0v) is 75.7. The number of aromatic nitrogens is 10. The van der Waals surface area contributed by atoms with Crippen molar-refractivity contribution < 1.29 is 35.9 Å². The molecule has 0 saturated heterocycles. The minimum Gasteiger partial charge on any atom is -0.507 e. The number of rotatable bonds is 35. The fourth-order valence-corrected chi connectivity index (χ4v) is 15.7. The number of carbonyl (C=O) groups excluding carboxylic acids is 4. The summed E-state index contributed by atoms with van der Waals surface area (Å²) in [6.07, 6.45) is 17.9. The first kappa shape index (κ1) is 98.2. The number of nitrogens with two attached hydrogens (primary N) is 2. The smallest absolute Gasteiger partial charge is 0.261 e. The SMILES string of the molecule is CN.N=N.NCc1cc(CN(Cc2ccccn2)Cc2ccccn2)c(O)c(CN(Cc2ccccn2)Cc2ccccn2)c1.O=C1c2ccccc2C(=O)N1Cc1cc(CCl)c(O)c(CCl)c1.O=C1c2ccccc2C(=O)N1Cc1cc(CN(Cc2ccccn2)Cc2ccccn2)c(O)c(CN(Cc2ccccn2)Cc2ccccn2)c1.[HH].c1ccc(CNCc2ccccn2)nc1. The van der Waals surface area contributed by atoms with E-state index >= 15 is 0 Å². The number of amides is 4. The van der Waals surface area contributed by atoms with Gasteiger partial charge in [-0.2, -0.15) is 0 Å². The van der Waals surface area contributed by atoms with Gasteiger partial charge < -0.3 is 32.1 Å². The summed E-state index contributed by atoms with van der Waals surface area (Å²) in [4.78, 5) is 108. The van der Waals surface area contributed by atoms with Crippen molar-refractivity contribution in [2.24, 2.45) is 11.5 Å². The molecular weight excluding hydrogens is 1730 g/mol. The van der Waals surface area contributed by atoms with Crippen LogP contribution in [0.25, 0.3) is 0 Å². The second-order valence-electron chi connectivity index (χ2n) is 31.1. The van der Waals surface area contributed by atoms with Crippen LogP contribution < -0.4 is 16.8 Å². The number of nitrogens with one attached hydrogen (secondary N) is 3. The largest absolute Gasteiger partial charge is 0.507 e. The first-order valence-electron chi connectivity index (χ1n) is 43.3. The molecule has 0 fully saturated rings. The number of hydrogen-bond acceptors (Lipinski definition) is 26. The topological polar surface area (TPSA) is 389 Å². The molecule has 684 valence electrons. The van der Waals surface area contributed by atoms with E-state index in [9.17, 15) is 34.5 Å². The van der Waals surface area contributed by atoms with E-state index in [1.165, 1.54) is 16.8 Å². The lowest BCUT2D eigenvalue weighted by molar-refractivity contribution is 0.0627. The molecule has 0 unspecified atom stereocenters. The Bertz CT molecular complexity index is 5690. The predicted octanol–water partition coefficient (Wildman–Crippen LogP) is 16.9. The highest BCUT2D eigenvalue weighted by molar-refractivity contribution is 6.22. The maximum atomic E-state index is 13.4. The first-order chi connectivity index (χ1) is 65.7. The quantitative estimate of drug-likeness (QED) is 0.0104. The van der Waals surface area contributed by atoms with Gasteiger partial charge in [0, 0.05) is 195 Å². The molecule has 0 atom stereocenters. The maximum Gasteiger partial charge on any atom is 0.261 e. The van der Waals surface area contributed by atoms with E-state index < -0.39 is 0 Å². The van der Waals surface area contributed by atoms with E-state index in [-0.39, 0.29) is 67.2 Å². The monoisotopic (exact) mass is 1830 g/mol. The summed E-state index contributed by atoms with van der Waals surface area (Å²) >= 11 is 11.7. The summed E-state index contributed by atoms with van der Waals surface area (Å²) < 4.78 is 0. The number of imide groups is 2. The Morgan fingerprint density at radius 3 is 0.672 bits per heavy atom. The summed E-state index contributed by atoms with van der Waals surface area (Å²) in [6.45, 7) is 8.38. The predicted molar refractivity (Wildman–Crippen MR) is 515 cm³/mol. The van der Waals surface area contributed by atoms with Crippen LogP contribution in [-0.4, -0.2) is 125 Å². The van der Waals surface area contributed by atoms with E-state index in [1.54, 1.807) is 123 Å². The van der Waals surface area contributed by atoms with Crippen molar-refractivity contribution >= 4 is 46.8 Å². The highest BCUT2D eigenvalue weighted by Crippen LogP contribution is 2.35. The van der Waals surface area contributed by atoms with Gasteiger partial charge in [0.1, 0.15) is 17.2 Å². The van der Waals surface area contributed by atoms with Crippen LogP contribution >= 0.6 is 23.2 Å². The van der Waals surface area contributed by atoms with Gasteiger partial charge in [0.15, 0.2) is 0 Å². The second kappa shape index (κ2) is 51.7. The van der Waals surface area contributed by atoms with Crippen LogP contribution in [0.2, 0.25) is 0 Å². The average molecular weight is 1830 g/mol. The van der Waals surface area contributed by atoms with Gasteiger partial charge in [-0.05, 0) is 206 Å². The Morgan fingerprint density at radius 2 is 0.478 bits per heavy atom. The average Bonchev–Trinajstić information content (AvgIpc) is 1.63. The molecule has 0 aliphatic carbocycles. The standard InChI is InChI=1S/C41H37N7O3.C33H35N7O.C17H13Cl2NO3.C12H13N3.CH5N.H2N2.H2/c49-39-31(24-46(26-33-11-3-7-17-42-33)27-34-12-4-8-18-43-34)21-30(23-48-40(50)37-15-1-2-16-38(37)41(48)51)22-32(39)25-47(28-35-13-5-9-19-44-35)29-36-14-6-10-20-45-36;34-19-26-17-27(20-39(22-29-9-1-5-13-35-29)23-30-10-2-6-14-36-30)33(41)28(18-26)21-40(24-31-11-3-7-15-37-31)25-32-12-4-8-16-38-32;18-7-11-5-10(6-12(8-19)15(11)21)9-20-16(22)13-3-1-2-4-14(13)17(20)23;1-3-7-14-11(5-1)9-13-10-12-6-2-4-8-15-12;2*1-2;/h1-22,49H,23-29H2;1-18,41H,19-25,34H2;1-6,21H,7-9H2;1-8,13H,9-10H2;2H2,1H3;1-2H;1H. The molecule has 17 rings (SSSR count). The molecule has 28 nitrogen and oxygen atoms in total. The molecule has 10 aromatic heterocycles. The molecule has 0 saturated carbocycles. The number of pyridine rings is 10. The molecule has 10 N–H and O–H groups in total. The molecule has 134 heavy (non-hydrogen) atoms. The van der Waals surface area contributed by atoms with Gasteiger partial charge in [0.2, 0.25) is 0 Å². The number of halogens is 2. The molecule has 2 aliphatic heterocycles. The molecule has 5 aromatic carbocycles. The molecular formula is C104H107Cl2N21O7. The van der Waals surface area contributed by atoms with E-state index in [1.807, 2.05) is 206 Å². The van der Waals surface area contributed by atoms with Gasteiger partial charge in [-0.1, -0.05) is 84.9 Å². The number of benzene rings is 5. The molecule has 0 bridgehead atoms. The lowest BCUT2D eigenvalue weighted by Gasteiger charge is -2.26. The summed E-state index contributed by atoms with van der Waals surface area (Å²) in [5.74, 6) is -0.576. The Morgan fingerprint density at radius 1 is 0.291 bits per heavy atom. The number of phenolic OH excluding ortho intramolecular Hbond substituents is 3. The summed E-state index contributed by atoms with van der Waals surface area (Å²) in [6, 6.07) is 83.6. The highest BCUT2D eigenvalue weighted by Gasteiger charge is 2.37. The van der Waals surface area contributed by atoms with Crippen LogP contribution in [0.5, 0.6) is 17.2 Å². The van der Waals surface area contributed by atoms with E-state index in [0.29, 0.717) is 135 Å². The minimum absolute atomic E-state index is 0. The molecule has 30 heteroatoms. The van der Waals surface area contributed by atoms with Gasteiger partial charge in [0.25, 0.3) is 23.6 Å². The van der Waals surface area contributed by atoms with Crippen molar-refractivity contribution in [2.75, 3.05) is 7.05 Å². The van der Waals surface area contributed by atoms with E-state index in [0.717, 1.165) is 92.3 Å². The number of alkyl halides is 2. The lowest BCUT2D eigenvalue weighted by atomic mass is 10.0.